The molecule has 1 saturated heterocycles. The van der Waals surface area contributed by atoms with Gasteiger partial charge in [-0.15, -0.1) is 0 Å². The highest BCUT2D eigenvalue weighted by molar-refractivity contribution is 9.10. The first-order valence-electron chi connectivity index (χ1n) is 6.65. The molecule has 2 N–H and O–H groups in total. The highest BCUT2D eigenvalue weighted by Crippen LogP contribution is 2.19. The zero-order valence-corrected chi connectivity index (χ0v) is 13.0. The van der Waals surface area contributed by atoms with E-state index in [0.29, 0.717) is 0 Å². The van der Waals surface area contributed by atoms with Crippen molar-refractivity contribution in [2.45, 2.75) is 19.8 Å². The minimum atomic E-state index is -0.358. The number of rotatable bonds is 3. The van der Waals surface area contributed by atoms with Crippen molar-refractivity contribution in [3.05, 3.63) is 28.2 Å². The van der Waals surface area contributed by atoms with E-state index in [2.05, 4.69) is 26.6 Å². The zero-order chi connectivity index (χ0) is 14.5. The number of nitrogens with one attached hydrogen (secondary N) is 2. The molecule has 1 aliphatic rings. The second-order valence-corrected chi connectivity index (χ2v) is 5.77. The van der Waals surface area contributed by atoms with Crippen molar-refractivity contribution in [3.8, 4) is 0 Å². The van der Waals surface area contributed by atoms with E-state index < -0.39 is 0 Å². The smallest absolute Gasteiger partial charge is 0.319 e. The Morgan fingerprint density at radius 1 is 1.30 bits per heavy atom. The summed E-state index contributed by atoms with van der Waals surface area (Å²) in [7, 11) is 0. The van der Waals surface area contributed by atoms with Crippen molar-refractivity contribution in [2.75, 3.05) is 25.0 Å². The van der Waals surface area contributed by atoms with E-state index >= 15 is 0 Å². The number of carbonyl (C=O) groups is 2. The molecular weight excluding hydrogens is 322 g/mol. The van der Waals surface area contributed by atoms with Crippen molar-refractivity contribution < 1.29 is 9.59 Å². The second kappa shape index (κ2) is 6.74. The predicted molar refractivity (Wildman–Crippen MR) is 81.7 cm³/mol. The van der Waals surface area contributed by atoms with Crippen LogP contribution in [0.1, 0.15) is 18.4 Å². The Balaban J connectivity index is 1.81. The summed E-state index contributed by atoms with van der Waals surface area (Å²) in [4.78, 5) is 25.3. The van der Waals surface area contributed by atoms with Crippen molar-refractivity contribution in [2.24, 2.45) is 0 Å². The highest BCUT2D eigenvalue weighted by atomic mass is 79.9. The number of benzene rings is 1. The molecule has 2 rings (SSSR count). The molecule has 0 aliphatic carbocycles. The molecule has 20 heavy (non-hydrogen) atoms. The third-order valence-corrected chi connectivity index (χ3v) is 3.79. The fourth-order valence-electron chi connectivity index (χ4n) is 2.17. The predicted octanol–water partition coefficient (Wildman–Crippen LogP) is 2.50. The van der Waals surface area contributed by atoms with Crippen LogP contribution in [0.4, 0.5) is 10.5 Å². The van der Waals surface area contributed by atoms with Gasteiger partial charge in [-0.3, -0.25) is 4.79 Å². The molecule has 3 amide bonds. The minimum Gasteiger partial charge on any atom is -0.341 e. The van der Waals surface area contributed by atoms with E-state index in [-0.39, 0.29) is 18.5 Å². The number of likely N-dealkylation sites (tertiary alicyclic amines) is 1. The first-order valence-corrected chi connectivity index (χ1v) is 7.44. The number of halogens is 1. The number of anilines is 1. The van der Waals surface area contributed by atoms with Crippen LogP contribution in [0.3, 0.4) is 0 Å². The van der Waals surface area contributed by atoms with Crippen LogP contribution >= 0.6 is 15.9 Å². The molecule has 0 aromatic heterocycles. The first-order chi connectivity index (χ1) is 9.56. The molecule has 0 unspecified atom stereocenters. The fourth-order valence-corrected chi connectivity index (χ4v) is 2.64. The van der Waals surface area contributed by atoms with Crippen LogP contribution < -0.4 is 10.6 Å². The largest absolute Gasteiger partial charge is 0.341 e. The Bertz CT molecular complexity index is 513. The number of aryl methyl sites for hydroxylation is 1. The molecule has 0 atom stereocenters. The minimum absolute atomic E-state index is 0.0230. The number of nitrogens with zero attached hydrogens (tertiary/aromatic N) is 1. The highest BCUT2D eigenvalue weighted by Gasteiger charge is 2.18. The SMILES string of the molecule is Cc1cc(Br)ccc1NC(=O)NCC(=O)N1CCCC1. The monoisotopic (exact) mass is 339 g/mol. The maximum atomic E-state index is 11.8. The molecular formula is C14H18BrN3O2. The summed E-state index contributed by atoms with van der Waals surface area (Å²) >= 11 is 3.37. The molecule has 6 heteroatoms. The van der Waals surface area contributed by atoms with Crippen LogP contribution in [0.15, 0.2) is 22.7 Å². The van der Waals surface area contributed by atoms with Crippen LogP contribution in [0.25, 0.3) is 0 Å². The average Bonchev–Trinajstić information content (AvgIpc) is 2.93. The third-order valence-electron chi connectivity index (χ3n) is 3.30. The van der Waals surface area contributed by atoms with E-state index in [1.54, 1.807) is 4.90 Å². The molecule has 1 heterocycles. The van der Waals surface area contributed by atoms with Crippen LogP contribution in [0, 0.1) is 6.92 Å². The third kappa shape index (κ3) is 3.96. The summed E-state index contributed by atoms with van der Waals surface area (Å²) in [6.07, 6.45) is 2.10. The lowest BCUT2D eigenvalue weighted by atomic mass is 10.2. The normalized spacial score (nSPS) is 14.2. The lowest BCUT2D eigenvalue weighted by Gasteiger charge is -2.16. The molecule has 1 aromatic carbocycles. The topological polar surface area (TPSA) is 61.4 Å². The van der Waals surface area contributed by atoms with E-state index in [0.717, 1.165) is 41.7 Å². The molecule has 0 saturated carbocycles. The van der Waals surface area contributed by atoms with Crippen LogP contribution in [0.5, 0.6) is 0 Å². The van der Waals surface area contributed by atoms with E-state index in [1.807, 2.05) is 25.1 Å². The molecule has 0 spiro atoms. The van der Waals surface area contributed by atoms with Gasteiger partial charge in [-0.2, -0.15) is 0 Å². The van der Waals surface area contributed by atoms with Gasteiger partial charge < -0.3 is 15.5 Å². The standard InChI is InChI=1S/C14H18BrN3O2/c1-10-8-11(15)4-5-12(10)17-14(20)16-9-13(19)18-6-2-3-7-18/h4-5,8H,2-3,6-7,9H2,1H3,(H2,16,17,20). The Labute approximate surface area is 126 Å². The van der Waals surface area contributed by atoms with Gasteiger partial charge in [0.1, 0.15) is 0 Å². The van der Waals surface area contributed by atoms with Gasteiger partial charge in [-0.1, -0.05) is 15.9 Å². The average molecular weight is 340 g/mol. The number of carbonyl (C=O) groups excluding carboxylic acids is 2. The summed E-state index contributed by atoms with van der Waals surface area (Å²) in [6.45, 7) is 3.55. The van der Waals surface area contributed by atoms with Gasteiger partial charge in [0, 0.05) is 23.2 Å². The molecule has 0 radical (unpaired) electrons. The van der Waals surface area contributed by atoms with Gasteiger partial charge in [0.15, 0.2) is 0 Å². The molecule has 108 valence electrons. The number of hydrogen-bond donors (Lipinski definition) is 2. The Morgan fingerprint density at radius 2 is 2.00 bits per heavy atom. The Kier molecular flexibility index (Phi) is 5.00. The van der Waals surface area contributed by atoms with Crippen LogP contribution in [-0.4, -0.2) is 36.5 Å². The lowest BCUT2D eigenvalue weighted by molar-refractivity contribution is -0.128. The Hall–Kier alpha value is -1.56. The maximum Gasteiger partial charge on any atom is 0.319 e. The number of amides is 3. The van der Waals surface area contributed by atoms with Gasteiger partial charge in [-0.05, 0) is 43.5 Å². The van der Waals surface area contributed by atoms with Gasteiger partial charge in [0.05, 0.1) is 6.54 Å². The van der Waals surface area contributed by atoms with Crippen molar-refractivity contribution in [1.29, 1.82) is 0 Å². The zero-order valence-electron chi connectivity index (χ0n) is 11.4. The fraction of sp³-hybridized carbons (Fsp3) is 0.429. The number of hydrogen-bond acceptors (Lipinski definition) is 2. The summed E-state index contributed by atoms with van der Waals surface area (Å²) in [6, 6.07) is 5.24. The van der Waals surface area contributed by atoms with Gasteiger partial charge in [-0.25, -0.2) is 4.79 Å². The van der Waals surface area contributed by atoms with Gasteiger partial charge in [0.2, 0.25) is 5.91 Å². The first kappa shape index (κ1) is 14.8. The summed E-state index contributed by atoms with van der Waals surface area (Å²) in [5.41, 5.74) is 1.69. The molecule has 1 aromatic rings. The van der Waals surface area contributed by atoms with E-state index in [9.17, 15) is 9.59 Å². The molecule has 5 nitrogen and oxygen atoms in total. The van der Waals surface area contributed by atoms with E-state index in [4.69, 9.17) is 0 Å². The van der Waals surface area contributed by atoms with Gasteiger partial charge in [0.25, 0.3) is 0 Å². The van der Waals surface area contributed by atoms with Crippen molar-refractivity contribution in [3.63, 3.8) is 0 Å². The quantitative estimate of drug-likeness (QED) is 0.888. The summed E-state index contributed by atoms with van der Waals surface area (Å²) in [5.74, 6) is -0.0230. The van der Waals surface area contributed by atoms with Crippen molar-refractivity contribution in [1.82, 2.24) is 10.2 Å². The molecule has 1 aliphatic heterocycles. The van der Waals surface area contributed by atoms with Gasteiger partial charge >= 0.3 is 6.03 Å². The molecule has 0 bridgehead atoms. The van der Waals surface area contributed by atoms with Crippen LogP contribution in [-0.2, 0) is 4.79 Å². The maximum absolute atomic E-state index is 11.8. The van der Waals surface area contributed by atoms with E-state index in [1.165, 1.54) is 0 Å². The Morgan fingerprint density at radius 3 is 2.65 bits per heavy atom. The van der Waals surface area contributed by atoms with Crippen molar-refractivity contribution >= 4 is 33.6 Å². The summed E-state index contributed by atoms with van der Waals surface area (Å²) < 4.78 is 0.963. The number of urea groups is 1. The summed E-state index contributed by atoms with van der Waals surface area (Å²) in [5, 5.41) is 5.34. The second-order valence-electron chi connectivity index (χ2n) is 4.85. The lowest BCUT2D eigenvalue weighted by Crippen LogP contribution is -2.40. The van der Waals surface area contributed by atoms with Crippen LogP contribution in [0.2, 0.25) is 0 Å². The molecule has 1 fully saturated rings.